The highest BCUT2D eigenvalue weighted by molar-refractivity contribution is 8.06. The third-order valence-corrected chi connectivity index (χ3v) is 5.12. The lowest BCUT2D eigenvalue weighted by Crippen LogP contribution is -2.14. The first kappa shape index (κ1) is 16.7. The average Bonchev–Trinajstić information content (AvgIpc) is 3.18. The van der Waals surface area contributed by atoms with E-state index in [1.54, 1.807) is 12.3 Å². The second kappa shape index (κ2) is 6.39. The van der Waals surface area contributed by atoms with Gasteiger partial charge < -0.3 is 15.3 Å². The van der Waals surface area contributed by atoms with E-state index in [-0.39, 0.29) is 33.0 Å². The first-order valence-corrected chi connectivity index (χ1v) is 8.99. The van der Waals surface area contributed by atoms with E-state index in [9.17, 15) is 23.7 Å². The van der Waals surface area contributed by atoms with E-state index in [2.05, 4.69) is 5.32 Å². The maximum Gasteiger partial charge on any atom is 0.444 e. The van der Waals surface area contributed by atoms with E-state index in [0.29, 0.717) is 12.1 Å². The summed E-state index contributed by atoms with van der Waals surface area (Å²) < 4.78 is 25.9. The van der Waals surface area contributed by atoms with Gasteiger partial charge in [0.2, 0.25) is 0 Å². The Morgan fingerprint density at radius 2 is 2.25 bits per heavy atom. The third kappa shape index (κ3) is 2.84. The van der Waals surface area contributed by atoms with Crippen LogP contribution in [0.1, 0.15) is 18.9 Å². The molecule has 1 aliphatic heterocycles. The second-order valence-corrected chi connectivity index (χ2v) is 6.80. The molecule has 0 amide bonds. The highest BCUT2D eigenvalue weighted by Crippen LogP contribution is 2.36. The molecule has 0 bridgehead atoms. The summed E-state index contributed by atoms with van der Waals surface area (Å²) in [7, 11) is -2.98. The number of aromatic nitrogens is 1. The van der Waals surface area contributed by atoms with Gasteiger partial charge in [0.1, 0.15) is 10.8 Å². The van der Waals surface area contributed by atoms with Crippen LogP contribution in [0.5, 0.6) is 0 Å². The van der Waals surface area contributed by atoms with Gasteiger partial charge in [0.05, 0.1) is 17.4 Å². The van der Waals surface area contributed by atoms with Crippen molar-refractivity contribution in [3.63, 3.8) is 0 Å². The Morgan fingerprint density at radius 3 is 2.92 bits per heavy atom. The van der Waals surface area contributed by atoms with Crippen molar-refractivity contribution in [2.24, 2.45) is 0 Å². The molecule has 3 rings (SSSR count). The third-order valence-electron chi connectivity index (χ3n) is 3.56. The summed E-state index contributed by atoms with van der Waals surface area (Å²) in [5, 5.41) is 15.4. The second-order valence-electron chi connectivity index (χ2n) is 5.02. The molecule has 2 heterocycles. The molecule has 1 unspecified atom stereocenters. The van der Waals surface area contributed by atoms with E-state index in [1.165, 1.54) is 12.3 Å². The molecule has 1 aromatic carbocycles. The summed E-state index contributed by atoms with van der Waals surface area (Å²) in [5.41, 5.74) is 0.779. The summed E-state index contributed by atoms with van der Waals surface area (Å²) in [6, 6.07) is 3.63. The lowest BCUT2D eigenvalue weighted by Gasteiger charge is -2.06. The zero-order valence-electron chi connectivity index (χ0n) is 12.4. The van der Waals surface area contributed by atoms with Gasteiger partial charge >= 0.3 is 8.18 Å². The van der Waals surface area contributed by atoms with Gasteiger partial charge in [-0.2, -0.15) is 0 Å². The van der Waals surface area contributed by atoms with E-state index >= 15 is 0 Å². The Labute approximate surface area is 141 Å². The number of hydrogen-bond acceptors (Lipinski definition) is 6. The number of nitrogens with zero attached hydrogens (tertiary/aromatic N) is 1. The monoisotopic (exact) mass is 366 g/mol. The van der Waals surface area contributed by atoms with Gasteiger partial charge in [-0.05, 0) is 22.8 Å². The molecule has 0 saturated heterocycles. The molecule has 124 valence electrons. The number of fused-ring (bicyclic) bond motifs is 1. The van der Waals surface area contributed by atoms with Gasteiger partial charge in [-0.15, -0.1) is 4.34 Å². The van der Waals surface area contributed by atoms with E-state index in [0.717, 1.165) is 28.2 Å². The molecular formula is C15H12FN2O4PS. The van der Waals surface area contributed by atoms with Crippen LogP contribution in [-0.4, -0.2) is 15.2 Å². The molecule has 0 fully saturated rings. The van der Waals surface area contributed by atoms with Crippen molar-refractivity contribution >= 4 is 42.4 Å². The minimum atomic E-state index is -2.98. The summed E-state index contributed by atoms with van der Waals surface area (Å²) in [5.74, 6) is -0.907. The first-order valence-electron chi connectivity index (χ1n) is 6.98. The average molecular weight is 366 g/mol. The molecule has 2 N–H and O–H groups in total. The molecule has 9 heteroatoms. The number of rotatable bonds is 4. The zero-order chi connectivity index (χ0) is 17.4. The number of ketones is 1. The van der Waals surface area contributed by atoms with Gasteiger partial charge in [-0.3, -0.25) is 4.79 Å². The van der Waals surface area contributed by atoms with Crippen molar-refractivity contribution < 1.29 is 23.7 Å². The number of carbonyl (C=O) groups excluding carboxylic acids is 1. The Bertz CT molecular complexity index is 935. The van der Waals surface area contributed by atoms with E-state index in [4.69, 9.17) is 0 Å². The van der Waals surface area contributed by atoms with Crippen LogP contribution in [0, 0.1) is 5.82 Å². The van der Waals surface area contributed by atoms with Crippen LogP contribution in [0.25, 0.3) is 16.7 Å². The van der Waals surface area contributed by atoms with E-state index < -0.39 is 14.0 Å². The van der Waals surface area contributed by atoms with Crippen molar-refractivity contribution in [3.05, 3.63) is 51.9 Å². The molecule has 6 nitrogen and oxygen atoms in total. The SMILES string of the molecule is CCC(=O)C1=CSC(=C(O)c2cn([P+](=O)[O-])c3ccc(F)cc23)N1. The fraction of sp³-hybridized carbons (Fsp3) is 0.133. The molecule has 1 aliphatic rings. The van der Waals surface area contributed by atoms with E-state index in [1.807, 2.05) is 0 Å². The lowest BCUT2D eigenvalue weighted by molar-refractivity contribution is -0.166. The number of thioether (sulfide) groups is 1. The number of aliphatic hydroxyl groups is 1. The molecule has 2 aromatic rings. The number of Topliss-reactive ketones (excluding diaryl/α,β-unsaturated/α-hetero) is 1. The number of nitrogens with one attached hydrogen (secondary N) is 1. The van der Waals surface area contributed by atoms with Crippen LogP contribution in [0.15, 0.2) is 40.5 Å². The topological polar surface area (TPSA) is 94.4 Å². The van der Waals surface area contributed by atoms with Crippen LogP contribution in [0.3, 0.4) is 0 Å². The predicted molar refractivity (Wildman–Crippen MR) is 88.6 cm³/mol. The van der Waals surface area contributed by atoms with Crippen molar-refractivity contribution in [1.82, 2.24) is 9.65 Å². The summed E-state index contributed by atoms with van der Waals surface area (Å²) in [6.07, 6.45) is 1.54. The van der Waals surface area contributed by atoms with Crippen LogP contribution in [0.2, 0.25) is 0 Å². The van der Waals surface area contributed by atoms with Crippen molar-refractivity contribution in [1.29, 1.82) is 0 Å². The van der Waals surface area contributed by atoms with Crippen LogP contribution in [-0.2, 0) is 9.36 Å². The number of benzene rings is 1. The number of hydrogen-bond donors (Lipinski definition) is 2. The maximum atomic E-state index is 13.5. The Kier molecular flexibility index (Phi) is 4.45. The Morgan fingerprint density at radius 1 is 1.50 bits per heavy atom. The maximum absolute atomic E-state index is 13.5. The van der Waals surface area contributed by atoms with Crippen LogP contribution >= 0.6 is 19.9 Å². The highest BCUT2D eigenvalue weighted by atomic mass is 32.2. The molecular weight excluding hydrogens is 354 g/mol. The first-order chi connectivity index (χ1) is 11.4. The van der Waals surface area contributed by atoms with Crippen LogP contribution < -0.4 is 10.2 Å². The normalized spacial score (nSPS) is 16.8. The predicted octanol–water partition coefficient (Wildman–Crippen LogP) is 2.99. The zero-order valence-corrected chi connectivity index (χ0v) is 14.2. The fourth-order valence-corrected chi connectivity index (χ4v) is 3.75. The summed E-state index contributed by atoms with van der Waals surface area (Å²) >= 11 is 1.11. The minimum Gasteiger partial charge on any atom is -0.573 e. The van der Waals surface area contributed by atoms with Gasteiger partial charge in [0, 0.05) is 22.8 Å². The molecule has 1 atom stereocenters. The molecule has 24 heavy (non-hydrogen) atoms. The highest BCUT2D eigenvalue weighted by Gasteiger charge is 2.24. The van der Waals surface area contributed by atoms with Crippen molar-refractivity contribution in [2.45, 2.75) is 13.3 Å². The molecule has 1 aromatic heterocycles. The quantitative estimate of drug-likeness (QED) is 0.638. The van der Waals surface area contributed by atoms with Gasteiger partial charge in [0.25, 0.3) is 0 Å². The number of allylic oxidation sites excluding steroid dienone is 1. The van der Waals surface area contributed by atoms with Gasteiger partial charge in [-0.1, -0.05) is 18.7 Å². The number of halogens is 1. The number of carbonyl (C=O) groups is 1. The molecule has 0 spiro atoms. The van der Waals surface area contributed by atoms with Gasteiger partial charge in [0.15, 0.2) is 11.5 Å². The Hall–Kier alpha value is -2.15. The molecule has 0 aliphatic carbocycles. The molecule has 0 saturated carbocycles. The molecule has 0 radical (unpaired) electrons. The minimum absolute atomic E-state index is 0.110. The van der Waals surface area contributed by atoms with Crippen LogP contribution in [0.4, 0.5) is 4.39 Å². The summed E-state index contributed by atoms with van der Waals surface area (Å²) in [6.45, 7) is 1.72. The van der Waals surface area contributed by atoms with Gasteiger partial charge in [-0.25, -0.2) is 4.39 Å². The fourth-order valence-electron chi connectivity index (χ4n) is 2.37. The van der Waals surface area contributed by atoms with Crippen molar-refractivity contribution in [3.8, 4) is 0 Å². The Balaban J connectivity index is 2.10. The standard InChI is InChI=1S/C15H12FN2O4PS/c1-2-13(19)11-7-24-15(17-11)14(20)10-6-18(23(21)22)12-4-3-8(16)5-9(10)12/h3-7,17,20H,2H2,1H3. The largest absolute Gasteiger partial charge is 0.573 e. The smallest absolute Gasteiger partial charge is 0.444 e. The summed E-state index contributed by atoms with van der Waals surface area (Å²) in [4.78, 5) is 23.1. The van der Waals surface area contributed by atoms with Crippen molar-refractivity contribution in [2.75, 3.05) is 0 Å². The lowest BCUT2D eigenvalue weighted by atomic mass is 10.1. The number of aliphatic hydroxyl groups excluding tert-OH is 1.